The zero-order valence-corrected chi connectivity index (χ0v) is 14.3. The molecule has 1 aliphatic rings. The fourth-order valence-electron chi connectivity index (χ4n) is 2.56. The van der Waals surface area contributed by atoms with Crippen LogP contribution in [0.1, 0.15) is 16.1 Å². The Hall–Kier alpha value is -1.30. The Labute approximate surface area is 142 Å². The number of benzene rings is 1. The number of hydrogen-bond acceptors (Lipinski definition) is 3. The molecular weight excluding hydrogens is 368 g/mol. The molecule has 3 rings (SSSR count). The van der Waals surface area contributed by atoms with Crippen LogP contribution in [0.25, 0.3) is 0 Å². The molecule has 2 aromatic rings. The van der Waals surface area contributed by atoms with Crippen LogP contribution < -0.4 is 0 Å². The van der Waals surface area contributed by atoms with Gasteiger partial charge in [-0.15, -0.1) is 0 Å². The largest absolute Gasteiger partial charge is 0.468 e. The van der Waals surface area contributed by atoms with E-state index in [1.807, 2.05) is 23.1 Å². The van der Waals surface area contributed by atoms with Gasteiger partial charge in [-0.3, -0.25) is 9.69 Å². The van der Waals surface area contributed by atoms with Crippen molar-refractivity contribution in [2.24, 2.45) is 0 Å². The van der Waals surface area contributed by atoms with E-state index < -0.39 is 0 Å². The molecule has 22 heavy (non-hydrogen) atoms. The van der Waals surface area contributed by atoms with Gasteiger partial charge in [0.15, 0.2) is 0 Å². The molecule has 6 heteroatoms. The molecule has 0 atom stereocenters. The molecule has 0 saturated carbocycles. The molecule has 4 nitrogen and oxygen atoms in total. The molecule has 1 saturated heterocycles. The Morgan fingerprint density at radius 1 is 1.23 bits per heavy atom. The van der Waals surface area contributed by atoms with Crippen molar-refractivity contribution in [1.29, 1.82) is 0 Å². The van der Waals surface area contributed by atoms with Crippen molar-refractivity contribution in [3.8, 4) is 0 Å². The quantitative estimate of drug-likeness (QED) is 0.812. The summed E-state index contributed by atoms with van der Waals surface area (Å²) in [6.45, 7) is 3.84. The lowest BCUT2D eigenvalue weighted by molar-refractivity contribution is 0.0620. The number of amides is 1. The number of rotatable bonds is 3. The summed E-state index contributed by atoms with van der Waals surface area (Å²) >= 11 is 9.53. The third kappa shape index (κ3) is 3.54. The highest BCUT2D eigenvalue weighted by Gasteiger charge is 2.24. The molecule has 1 aromatic heterocycles. The van der Waals surface area contributed by atoms with Gasteiger partial charge in [0.25, 0.3) is 5.91 Å². The van der Waals surface area contributed by atoms with Crippen molar-refractivity contribution in [1.82, 2.24) is 9.80 Å². The maximum Gasteiger partial charge on any atom is 0.255 e. The van der Waals surface area contributed by atoms with Crippen molar-refractivity contribution >= 4 is 33.4 Å². The lowest BCUT2D eigenvalue weighted by atomic mass is 10.2. The van der Waals surface area contributed by atoms with Gasteiger partial charge in [-0.25, -0.2) is 0 Å². The zero-order valence-electron chi connectivity index (χ0n) is 12.0. The van der Waals surface area contributed by atoms with E-state index in [2.05, 4.69) is 20.8 Å². The van der Waals surface area contributed by atoms with Gasteiger partial charge in [-0.2, -0.15) is 0 Å². The Kier molecular flexibility index (Phi) is 4.86. The number of furan rings is 1. The molecule has 2 heterocycles. The fraction of sp³-hybridized carbons (Fsp3) is 0.312. The minimum atomic E-state index is -0.0102. The van der Waals surface area contributed by atoms with Gasteiger partial charge in [0.05, 0.1) is 23.4 Å². The van der Waals surface area contributed by atoms with Crippen LogP contribution in [-0.4, -0.2) is 41.9 Å². The lowest BCUT2D eigenvalue weighted by Crippen LogP contribution is -2.48. The van der Waals surface area contributed by atoms with Crippen molar-refractivity contribution in [3.05, 3.63) is 57.4 Å². The van der Waals surface area contributed by atoms with Crippen LogP contribution in [0.5, 0.6) is 0 Å². The molecule has 1 aromatic carbocycles. The van der Waals surface area contributed by atoms with Crippen molar-refractivity contribution in [2.75, 3.05) is 26.2 Å². The Balaban J connectivity index is 1.61. The average molecular weight is 384 g/mol. The Bertz CT molecular complexity index is 652. The second-order valence-corrected chi connectivity index (χ2v) is 6.59. The van der Waals surface area contributed by atoms with Gasteiger partial charge in [0.2, 0.25) is 0 Å². The smallest absolute Gasteiger partial charge is 0.255 e. The second kappa shape index (κ2) is 6.86. The number of carbonyl (C=O) groups is 1. The second-order valence-electron chi connectivity index (χ2n) is 5.27. The Morgan fingerprint density at radius 3 is 2.68 bits per heavy atom. The third-order valence-electron chi connectivity index (χ3n) is 3.78. The summed E-state index contributed by atoms with van der Waals surface area (Å²) in [5.41, 5.74) is 0.551. The van der Waals surface area contributed by atoms with E-state index in [0.29, 0.717) is 23.7 Å². The minimum Gasteiger partial charge on any atom is -0.468 e. The predicted molar refractivity (Wildman–Crippen MR) is 89.0 cm³/mol. The highest BCUT2D eigenvalue weighted by molar-refractivity contribution is 9.10. The van der Waals surface area contributed by atoms with Crippen LogP contribution in [0, 0.1) is 0 Å². The van der Waals surface area contributed by atoms with E-state index in [0.717, 1.165) is 29.9 Å². The van der Waals surface area contributed by atoms with Crippen LogP contribution in [-0.2, 0) is 6.54 Å². The molecule has 0 unspecified atom stereocenters. The molecular formula is C16H16BrClN2O2. The van der Waals surface area contributed by atoms with E-state index in [9.17, 15) is 4.79 Å². The molecule has 0 bridgehead atoms. The lowest BCUT2D eigenvalue weighted by Gasteiger charge is -2.34. The van der Waals surface area contributed by atoms with E-state index in [1.165, 1.54) is 0 Å². The molecule has 1 aliphatic heterocycles. The van der Waals surface area contributed by atoms with Crippen molar-refractivity contribution in [3.63, 3.8) is 0 Å². The van der Waals surface area contributed by atoms with Gasteiger partial charge in [-0.05, 0) is 30.3 Å². The van der Waals surface area contributed by atoms with Crippen molar-refractivity contribution < 1.29 is 9.21 Å². The van der Waals surface area contributed by atoms with Crippen LogP contribution >= 0.6 is 27.5 Å². The van der Waals surface area contributed by atoms with Gasteiger partial charge in [0.1, 0.15) is 5.76 Å². The molecule has 0 radical (unpaired) electrons. The van der Waals surface area contributed by atoms with E-state index >= 15 is 0 Å². The maximum atomic E-state index is 12.6. The number of carbonyl (C=O) groups excluding carboxylic acids is 1. The summed E-state index contributed by atoms with van der Waals surface area (Å²) in [4.78, 5) is 16.7. The van der Waals surface area contributed by atoms with Crippen LogP contribution in [0.15, 0.2) is 45.5 Å². The highest BCUT2D eigenvalue weighted by Crippen LogP contribution is 2.23. The predicted octanol–water partition coefficient (Wildman–Crippen LogP) is 3.65. The number of halogens is 2. The number of hydrogen-bond donors (Lipinski definition) is 0. The SMILES string of the molecule is O=C(c1cc(Br)ccc1Cl)N1CCN(Cc2ccco2)CC1. The zero-order chi connectivity index (χ0) is 15.5. The first kappa shape index (κ1) is 15.6. The molecule has 1 fully saturated rings. The minimum absolute atomic E-state index is 0.0102. The van der Waals surface area contributed by atoms with Crippen LogP contribution in [0.4, 0.5) is 0 Å². The van der Waals surface area contributed by atoms with Crippen LogP contribution in [0.3, 0.4) is 0 Å². The number of nitrogens with zero attached hydrogens (tertiary/aromatic N) is 2. The molecule has 0 aliphatic carbocycles. The van der Waals surface area contributed by atoms with E-state index in [1.54, 1.807) is 18.4 Å². The summed E-state index contributed by atoms with van der Waals surface area (Å²) in [5.74, 6) is 0.943. The van der Waals surface area contributed by atoms with Crippen molar-refractivity contribution in [2.45, 2.75) is 6.54 Å². The summed E-state index contributed by atoms with van der Waals surface area (Å²) in [6, 6.07) is 9.22. The molecule has 116 valence electrons. The summed E-state index contributed by atoms with van der Waals surface area (Å²) in [5, 5.41) is 0.492. The normalized spacial score (nSPS) is 16.0. The Morgan fingerprint density at radius 2 is 2.00 bits per heavy atom. The summed E-state index contributed by atoms with van der Waals surface area (Å²) < 4.78 is 6.22. The standard InChI is InChI=1S/C16H16BrClN2O2/c17-12-3-4-15(18)14(10-12)16(21)20-7-5-19(6-8-20)11-13-2-1-9-22-13/h1-4,9-10H,5-8,11H2. The van der Waals surface area contributed by atoms with Gasteiger partial charge < -0.3 is 9.32 Å². The third-order valence-corrected chi connectivity index (χ3v) is 4.60. The average Bonchev–Trinajstić information content (AvgIpc) is 3.03. The highest BCUT2D eigenvalue weighted by atomic mass is 79.9. The first-order valence-electron chi connectivity index (χ1n) is 7.12. The maximum absolute atomic E-state index is 12.6. The van der Waals surface area contributed by atoms with Gasteiger partial charge >= 0.3 is 0 Å². The molecule has 0 N–H and O–H groups in total. The number of piperazine rings is 1. The first-order valence-corrected chi connectivity index (χ1v) is 8.29. The van der Waals surface area contributed by atoms with E-state index in [-0.39, 0.29) is 5.91 Å². The van der Waals surface area contributed by atoms with Gasteiger partial charge in [0, 0.05) is 30.7 Å². The molecule has 1 amide bonds. The first-order chi connectivity index (χ1) is 10.6. The fourth-order valence-corrected chi connectivity index (χ4v) is 3.12. The summed E-state index contributed by atoms with van der Waals surface area (Å²) in [7, 11) is 0. The van der Waals surface area contributed by atoms with Crippen LogP contribution in [0.2, 0.25) is 5.02 Å². The summed E-state index contributed by atoms with van der Waals surface area (Å²) in [6.07, 6.45) is 1.68. The monoisotopic (exact) mass is 382 g/mol. The van der Waals surface area contributed by atoms with Gasteiger partial charge in [-0.1, -0.05) is 27.5 Å². The molecule has 0 spiro atoms. The van der Waals surface area contributed by atoms with E-state index in [4.69, 9.17) is 16.0 Å². The topological polar surface area (TPSA) is 36.7 Å².